The molecular weight excluding hydrogens is 313 g/mol. The highest BCUT2D eigenvalue weighted by Gasteiger charge is 2.17. The molecule has 0 atom stereocenters. The first-order valence-corrected chi connectivity index (χ1v) is 7.63. The second kappa shape index (κ2) is 6.76. The molecule has 0 saturated heterocycles. The Hall–Kier alpha value is -2.80. The highest BCUT2D eigenvalue weighted by molar-refractivity contribution is 5.69. The molecule has 24 heavy (non-hydrogen) atoms. The summed E-state index contributed by atoms with van der Waals surface area (Å²) in [6.45, 7) is 2.97. The third-order valence-corrected chi connectivity index (χ3v) is 3.70. The number of pyridine rings is 1. The summed E-state index contributed by atoms with van der Waals surface area (Å²) in [5.74, 6) is -0.322. The standard InChI is InChI=1S/C17H16FN3O3/c1-2-24-10-9-21-15-14(20-16(22)17(21)23)8-7-13(19-15)11-3-5-12(18)6-4-11/h3-8H,2,9-10H2,1H3,(H,20,22)/p+1. The fourth-order valence-electron chi connectivity index (χ4n) is 2.51. The average molecular weight is 330 g/mol. The molecule has 2 heterocycles. The number of ether oxygens (including phenoxy) is 1. The molecule has 0 unspecified atom stereocenters. The number of hydrogen-bond donors (Lipinski definition) is 1. The maximum atomic E-state index is 13.1. The van der Waals surface area contributed by atoms with Crippen molar-refractivity contribution in [1.82, 2.24) is 9.55 Å². The van der Waals surface area contributed by atoms with Crippen LogP contribution in [-0.2, 0) is 11.3 Å². The fourth-order valence-corrected chi connectivity index (χ4v) is 2.51. The zero-order valence-electron chi connectivity index (χ0n) is 13.1. The Morgan fingerprint density at radius 3 is 2.62 bits per heavy atom. The van der Waals surface area contributed by atoms with Gasteiger partial charge in [-0.05, 0) is 43.3 Å². The SMILES string of the molecule is CCOCCn1c(=O)c(=O)[nH]c2ccc(-c3ccc(F)cc3)[nH+]c21. The van der Waals surface area contributed by atoms with Gasteiger partial charge in [-0.1, -0.05) is 0 Å². The highest BCUT2D eigenvalue weighted by atomic mass is 19.1. The molecule has 2 N–H and O–H groups in total. The predicted molar refractivity (Wildman–Crippen MR) is 87.3 cm³/mol. The van der Waals surface area contributed by atoms with Crippen molar-refractivity contribution in [3.05, 3.63) is 62.9 Å². The highest BCUT2D eigenvalue weighted by Crippen LogP contribution is 2.16. The summed E-state index contributed by atoms with van der Waals surface area (Å²) < 4.78 is 19.7. The van der Waals surface area contributed by atoms with E-state index in [1.54, 1.807) is 24.3 Å². The minimum atomic E-state index is -0.679. The van der Waals surface area contributed by atoms with Crippen molar-refractivity contribution in [3.63, 3.8) is 0 Å². The van der Waals surface area contributed by atoms with Crippen molar-refractivity contribution in [2.45, 2.75) is 13.5 Å². The second-order valence-electron chi connectivity index (χ2n) is 5.25. The smallest absolute Gasteiger partial charge is 0.378 e. The first-order valence-electron chi connectivity index (χ1n) is 7.63. The predicted octanol–water partition coefficient (Wildman–Crippen LogP) is 1.35. The zero-order chi connectivity index (χ0) is 17.1. The number of benzene rings is 1. The zero-order valence-corrected chi connectivity index (χ0v) is 13.1. The Morgan fingerprint density at radius 1 is 1.17 bits per heavy atom. The van der Waals surface area contributed by atoms with Crippen molar-refractivity contribution < 1.29 is 14.1 Å². The molecule has 0 bridgehead atoms. The quantitative estimate of drug-likeness (QED) is 0.566. The van der Waals surface area contributed by atoms with Crippen LogP contribution in [-0.4, -0.2) is 22.8 Å². The van der Waals surface area contributed by atoms with Crippen molar-refractivity contribution >= 4 is 11.2 Å². The number of nitrogens with one attached hydrogen (secondary N) is 2. The molecule has 1 aromatic carbocycles. The third kappa shape index (κ3) is 3.11. The third-order valence-electron chi connectivity index (χ3n) is 3.70. The molecule has 0 aliphatic carbocycles. The molecule has 0 radical (unpaired) electrons. The Labute approximate surface area is 136 Å². The topological polar surface area (TPSA) is 78.2 Å². The first-order chi connectivity index (χ1) is 11.6. The number of halogens is 1. The van der Waals surface area contributed by atoms with E-state index in [2.05, 4.69) is 9.97 Å². The molecule has 0 fully saturated rings. The van der Waals surface area contributed by atoms with Gasteiger partial charge in [-0.25, -0.2) is 14.2 Å². The number of hydrogen-bond acceptors (Lipinski definition) is 3. The van der Waals surface area contributed by atoms with E-state index in [4.69, 9.17) is 4.74 Å². The van der Waals surface area contributed by atoms with Crippen LogP contribution in [0.2, 0.25) is 0 Å². The summed E-state index contributed by atoms with van der Waals surface area (Å²) in [5.41, 5.74) is 1.16. The summed E-state index contributed by atoms with van der Waals surface area (Å²) in [5, 5.41) is 0. The molecule has 124 valence electrons. The largest absolute Gasteiger partial charge is 0.399 e. The van der Waals surface area contributed by atoms with E-state index >= 15 is 0 Å². The summed E-state index contributed by atoms with van der Waals surface area (Å²) in [4.78, 5) is 29.7. The maximum Gasteiger partial charge on any atom is 0.399 e. The lowest BCUT2D eigenvalue weighted by Gasteiger charge is -2.05. The van der Waals surface area contributed by atoms with Gasteiger partial charge in [-0.3, -0.25) is 4.79 Å². The van der Waals surface area contributed by atoms with Crippen LogP contribution >= 0.6 is 0 Å². The van der Waals surface area contributed by atoms with Gasteiger partial charge in [0.25, 0.3) is 0 Å². The fraction of sp³-hybridized carbons (Fsp3) is 0.235. The monoisotopic (exact) mass is 330 g/mol. The number of H-pyrrole nitrogens is 2. The van der Waals surface area contributed by atoms with E-state index in [0.717, 1.165) is 5.56 Å². The van der Waals surface area contributed by atoms with E-state index in [0.29, 0.717) is 30.1 Å². The molecular formula is C17H17FN3O3+. The van der Waals surface area contributed by atoms with Crippen LogP contribution in [0.25, 0.3) is 22.4 Å². The van der Waals surface area contributed by atoms with Gasteiger partial charge in [0.2, 0.25) is 0 Å². The van der Waals surface area contributed by atoms with E-state index in [-0.39, 0.29) is 12.4 Å². The van der Waals surface area contributed by atoms with E-state index < -0.39 is 11.1 Å². The minimum Gasteiger partial charge on any atom is -0.378 e. The molecule has 6 nitrogen and oxygen atoms in total. The van der Waals surface area contributed by atoms with Crippen molar-refractivity contribution in [2.24, 2.45) is 0 Å². The molecule has 0 saturated carbocycles. The summed E-state index contributed by atoms with van der Waals surface area (Å²) in [7, 11) is 0. The molecule has 7 heteroatoms. The van der Waals surface area contributed by atoms with Gasteiger partial charge in [0.05, 0.1) is 6.61 Å². The van der Waals surface area contributed by atoms with Crippen LogP contribution in [0.5, 0.6) is 0 Å². The van der Waals surface area contributed by atoms with Gasteiger partial charge in [0.15, 0.2) is 0 Å². The van der Waals surface area contributed by atoms with Crippen molar-refractivity contribution in [3.8, 4) is 11.3 Å². The van der Waals surface area contributed by atoms with Crippen LogP contribution in [0.1, 0.15) is 6.92 Å². The Kier molecular flexibility index (Phi) is 4.52. The Bertz CT molecular complexity index is 977. The van der Waals surface area contributed by atoms with Crippen molar-refractivity contribution in [2.75, 3.05) is 13.2 Å². The molecule has 0 spiro atoms. The van der Waals surface area contributed by atoms with E-state index in [1.165, 1.54) is 16.7 Å². The average Bonchev–Trinajstić information content (AvgIpc) is 2.59. The number of fused-ring (bicyclic) bond motifs is 1. The van der Waals surface area contributed by atoms with Crippen LogP contribution in [0.3, 0.4) is 0 Å². The van der Waals surface area contributed by atoms with E-state index in [9.17, 15) is 14.0 Å². The molecule has 2 aromatic heterocycles. The van der Waals surface area contributed by atoms with Crippen molar-refractivity contribution in [1.29, 1.82) is 0 Å². The van der Waals surface area contributed by atoms with Gasteiger partial charge in [-0.2, -0.15) is 4.57 Å². The van der Waals surface area contributed by atoms with Crippen LogP contribution in [0.15, 0.2) is 46.0 Å². The van der Waals surface area contributed by atoms with Gasteiger partial charge in [-0.15, -0.1) is 0 Å². The number of rotatable bonds is 5. The lowest BCUT2D eigenvalue weighted by molar-refractivity contribution is -0.336. The summed E-state index contributed by atoms with van der Waals surface area (Å²) in [6.07, 6.45) is 0. The van der Waals surface area contributed by atoms with Gasteiger partial charge < -0.3 is 9.72 Å². The Morgan fingerprint density at radius 2 is 1.92 bits per heavy atom. The van der Waals surface area contributed by atoms with Crippen LogP contribution in [0.4, 0.5) is 4.39 Å². The summed E-state index contributed by atoms with van der Waals surface area (Å²) in [6, 6.07) is 9.48. The minimum absolute atomic E-state index is 0.260. The maximum absolute atomic E-state index is 13.1. The number of aromatic nitrogens is 3. The molecule has 0 aliphatic rings. The normalized spacial score (nSPS) is 11.1. The van der Waals surface area contributed by atoms with Gasteiger partial charge in [0.1, 0.15) is 23.6 Å². The molecule has 0 aliphatic heterocycles. The lowest BCUT2D eigenvalue weighted by Crippen LogP contribution is -2.39. The van der Waals surface area contributed by atoms with Crippen LogP contribution in [0, 0.1) is 5.82 Å². The first kappa shape index (κ1) is 16.1. The molecule has 0 amide bonds. The lowest BCUT2D eigenvalue weighted by atomic mass is 10.1. The van der Waals surface area contributed by atoms with Crippen LogP contribution < -0.4 is 16.1 Å². The number of aromatic amines is 2. The number of nitrogens with zero attached hydrogens (tertiary/aromatic N) is 1. The Balaban J connectivity index is 2.14. The van der Waals surface area contributed by atoms with Gasteiger partial charge >= 0.3 is 16.8 Å². The van der Waals surface area contributed by atoms with Gasteiger partial charge in [0, 0.05) is 12.2 Å². The molecule has 3 aromatic rings. The second-order valence-corrected chi connectivity index (χ2v) is 5.25. The summed E-state index contributed by atoms with van der Waals surface area (Å²) >= 11 is 0. The molecule has 3 rings (SSSR count). The van der Waals surface area contributed by atoms with E-state index in [1.807, 2.05) is 6.92 Å².